The Labute approximate surface area is 167 Å². The van der Waals surface area contributed by atoms with Gasteiger partial charge in [0.05, 0.1) is 10.8 Å². The number of hydrogen-bond acceptors (Lipinski definition) is 6. The lowest BCUT2D eigenvalue weighted by atomic mass is 10.2. The Balaban J connectivity index is 1.83. The Morgan fingerprint density at radius 1 is 1.04 bits per heavy atom. The molecule has 1 aromatic heterocycles. The van der Waals surface area contributed by atoms with Gasteiger partial charge in [0.25, 0.3) is 0 Å². The number of fused-ring (bicyclic) bond motifs is 1. The molecule has 2 aromatic carbocycles. The molecule has 0 aliphatic carbocycles. The summed E-state index contributed by atoms with van der Waals surface area (Å²) in [6, 6.07) is 16.9. The van der Waals surface area contributed by atoms with Crippen molar-refractivity contribution in [2.24, 2.45) is 0 Å². The number of urea groups is 1. The van der Waals surface area contributed by atoms with E-state index in [1.807, 2.05) is 54.6 Å². The molecule has 0 saturated heterocycles. The molecule has 0 saturated carbocycles. The molecule has 1 heterocycles. The second-order valence-corrected chi connectivity index (χ2v) is 7.28. The number of imide groups is 1. The van der Waals surface area contributed by atoms with Gasteiger partial charge in [-0.05, 0) is 38.1 Å². The number of nitrogens with zero attached hydrogens (tertiary/aromatic N) is 2. The van der Waals surface area contributed by atoms with E-state index in [0.29, 0.717) is 17.5 Å². The van der Waals surface area contributed by atoms with E-state index in [1.54, 1.807) is 13.8 Å². The first-order chi connectivity index (χ1) is 13.6. The van der Waals surface area contributed by atoms with E-state index in [4.69, 9.17) is 0 Å². The van der Waals surface area contributed by atoms with Crippen molar-refractivity contribution in [1.29, 1.82) is 0 Å². The van der Waals surface area contributed by atoms with Crippen LogP contribution in [0.5, 0.6) is 0 Å². The van der Waals surface area contributed by atoms with E-state index < -0.39 is 17.2 Å². The van der Waals surface area contributed by atoms with Gasteiger partial charge in [-0.25, -0.2) is 14.8 Å². The first-order valence-corrected chi connectivity index (χ1v) is 9.79. The van der Waals surface area contributed by atoms with Crippen molar-refractivity contribution in [3.8, 4) is 0 Å². The van der Waals surface area contributed by atoms with Crippen LogP contribution in [0, 0.1) is 0 Å². The molecule has 3 amide bonds. The van der Waals surface area contributed by atoms with Crippen LogP contribution in [0.4, 0.5) is 16.3 Å². The third-order valence-corrected chi connectivity index (χ3v) is 4.81. The average Bonchev–Trinajstić information content (AvgIpc) is 2.69. The normalized spacial score (nSPS) is 11.6. The Morgan fingerprint density at radius 2 is 1.75 bits per heavy atom. The lowest BCUT2D eigenvalue weighted by Crippen LogP contribution is -2.42. The summed E-state index contributed by atoms with van der Waals surface area (Å²) in [5.74, 6) is 0.265. The molecule has 1 atom stereocenters. The highest BCUT2D eigenvalue weighted by Gasteiger charge is 2.19. The molecule has 0 fully saturated rings. The predicted octanol–water partition coefficient (Wildman–Crippen LogP) is 3.70. The summed E-state index contributed by atoms with van der Waals surface area (Å²) in [4.78, 5) is 32.9. The Bertz CT molecular complexity index is 981. The van der Waals surface area contributed by atoms with E-state index >= 15 is 0 Å². The minimum absolute atomic E-state index is 0.398. The molecular weight excluding hydrogens is 374 g/mol. The number of benzene rings is 2. The molecule has 8 heteroatoms. The molecule has 0 aliphatic heterocycles. The zero-order chi connectivity index (χ0) is 19.9. The van der Waals surface area contributed by atoms with Gasteiger partial charge < -0.3 is 10.6 Å². The van der Waals surface area contributed by atoms with Gasteiger partial charge in [-0.3, -0.25) is 10.1 Å². The van der Waals surface area contributed by atoms with Crippen LogP contribution >= 0.6 is 11.8 Å². The van der Waals surface area contributed by atoms with Crippen LogP contribution < -0.4 is 16.0 Å². The number of amides is 3. The fourth-order valence-electron chi connectivity index (χ4n) is 2.49. The summed E-state index contributed by atoms with van der Waals surface area (Å²) in [5.41, 5.74) is 1.68. The van der Waals surface area contributed by atoms with E-state index in [-0.39, 0.29) is 0 Å². The third kappa shape index (κ3) is 4.98. The predicted molar refractivity (Wildman–Crippen MR) is 112 cm³/mol. The van der Waals surface area contributed by atoms with Crippen molar-refractivity contribution in [3.63, 3.8) is 0 Å². The standard InChI is InChI=1S/C20H21N5O2S/c1-3-21-19(27)25-18(26)13(2)28-20-23-16-12-8-7-11-15(16)17(24-20)22-14-9-5-4-6-10-14/h4-13H,3H2,1-2H3,(H,22,23,24)(H2,21,25,26,27)/t13-/m0/s1. The molecule has 0 unspecified atom stereocenters. The summed E-state index contributed by atoms with van der Waals surface area (Å²) in [5, 5.41) is 8.96. The van der Waals surface area contributed by atoms with Crippen molar-refractivity contribution in [1.82, 2.24) is 20.6 Å². The SMILES string of the molecule is CCNC(=O)NC(=O)[C@H](C)Sc1nc(Nc2ccccc2)c2ccccc2n1. The summed E-state index contributed by atoms with van der Waals surface area (Å²) in [6.45, 7) is 3.94. The molecule has 3 N–H and O–H groups in total. The van der Waals surface area contributed by atoms with E-state index in [2.05, 4.69) is 25.9 Å². The number of aromatic nitrogens is 2. The van der Waals surface area contributed by atoms with E-state index in [1.165, 1.54) is 11.8 Å². The second-order valence-electron chi connectivity index (χ2n) is 5.97. The zero-order valence-corrected chi connectivity index (χ0v) is 16.4. The van der Waals surface area contributed by atoms with Crippen LogP contribution in [-0.4, -0.2) is 33.7 Å². The molecular formula is C20H21N5O2S. The maximum absolute atomic E-state index is 12.2. The Hall–Kier alpha value is -3.13. The molecule has 28 heavy (non-hydrogen) atoms. The number of anilines is 2. The fraction of sp³-hybridized carbons (Fsp3) is 0.200. The molecule has 7 nitrogen and oxygen atoms in total. The summed E-state index contributed by atoms with van der Waals surface area (Å²) in [6.07, 6.45) is 0. The number of thioether (sulfide) groups is 1. The number of para-hydroxylation sites is 2. The molecule has 3 rings (SSSR count). The van der Waals surface area contributed by atoms with Gasteiger partial charge in [-0.15, -0.1) is 0 Å². The zero-order valence-electron chi connectivity index (χ0n) is 15.6. The highest BCUT2D eigenvalue weighted by Crippen LogP contribution is 2.28. The van der Waals surface area contributed by atoms with Gasteiger partial charge in [0.15, 0.2) is 5.16 Å². The van der Waals surface area contributed by atoms with Gasteiger partial charge in [-0.2, -0.15) is 0 Å². The smallest absolute Gasteiger partial charge is 0.321 e. The molecule has 3 aromatic rings. The highest BCUT2D eigenvalue weighted by atomic mass is 32.2. The maximum Gasteiger partial charge on any atom is 0.321 e. The van der Waals surface area contributed by atoms with E-state index in [0.717, 1.165) is 16.6 Å². The van der Waals surface area contributed by atoms with Gasteiger partial charge in [0.1, 0.15) is 5.82 Å². The van der Waals surface area contributed by atoms with Crippen LogP contribution in [-0.2, 0) is 4.79 Å². The third-order valence-electron chi connectivity index (χ3n) is 3.84. The Kier molecular flexibility index (Phi) is 6.44. The minimum atomic E-state index is -0.534. The van der Waals surface area contributed by atoms with Gasteiger partial charge in [0, 0.05) is 17.6 Å². The van der Waals surface area contributed by atoms with Crippen molar-refractivity contribution < 1.29 is 9.59 Å². The van der Waals surface area contributed by atoms with Gasteiger partial charge in [-0.1, -0.05) is 42.1 Å². The van der Waals surface area contributed by atoms with Crippen LogP contribution in [0.15, 0.2) is 59.8 Å². The molecule has 0 aliphatic rings. The highest BCUT2D eigenvalue weighted by molar-refractivity contribution is 8.00. The lowest BCUT2D eigenvalue weighted by molar-refractivity contribution is -0.119. The number of hydrogen-bond donors (Lipinski definition) is 3. The molecule has 0 spiro atoms. The quantitative estimate of drug-likeness (QED) is 0.435. The van der Waals surface area contributed by atoms with Crippen LogP contribution in [0.3, 0.4) is 0 Å². The Morgan fingerprint density at radius 3 is 2.50 bits per heavy atom. The average molecular weight is 395 g/mol. The van der Waals surface area contributed by atoms with Crippen molar-refractivity contribution in [3.05, 3.63) is 54.6 Å². The van der Waals surface area contributed by atoms with E-state index in [9.17, 15) is 9.59 Å². The number of nitrogens with one attached hydrogen (secondary N) is 3. The second kappa shape index (κ2) is 9.18. The van der Waals surface area contributed by atoms with Crippen LogP contribution in [0.25, 0.3) is 10.9 Å². The largest absolute Gasteiger partial charge is 0.340 e. The first-order valence-electron chi connectivity index (χ1n) is 8.91. The number of rotatable bonds is 6. The van der Waals surface area contributed by atoms with Crippen LogP contribution in [0.2, 0.25) is 0 Å². The number of carbonyl (C=O) groups excluding carboxylic acids is 2. The summed E-state index contributed by atoms with van der Waals surface area (Å²) < 4.78 is 0. The number of carbonyl (C=O) groups is 2. The van der Waals surface area contributed by atoms with Crippen molar-refractivity contribution >= 4 is 46.1 Å². The molecule has 0 radical (unpaired) electrons. The van der Waals surface area contributed by atoms with Gasteiger partial charge >= 0.3 is 6.03 Å². The van der Waals surface area contributed by atoms with Crippen molar-refractivity contribution in [2.75, 3.05) is 11.9 Å². The van der Waals surface area contributed by atoms with Crippen molar-refractivity contribution in [2.45, 2.75) is 24.3 Å². The topological polar surface area (TPSA) is 96.0 Å². The fourth-order valence-corrected chi connectivity index (χ4v) is 3.27. The minimum Gasteiger partial charge on any atom is -0.340 e. The van der Waals surface area contributed by atoms with Crippen LogP contribution in [0.1, 0.15) is 13.8 Å². The summed E-state index contributed by atoms with van der Waals surface area (Å²) in [7, 11) is 0. The first kappa shape index (κ1) is 19.6. The lowest BCUT2D eigenvalue weighted by Gasteiger charge is -2.13. The monoisotopic (exact) mass is 395 g/mol. The maximum atomic E-state index is 12.2. The van der Waals surface area contributed by atoms with Gasteiger partial charge in [0.2, 0.25) is 5.91 Å². The molecule has 144 valence electrons. The molecule has 0 bridgehead atoms. The summed E-state index contributed by atoms with van der Waals surface area (Å²) >= 11 is 1.20.